The minimum atomic E-state index is -3.89. The highest BCUT2D eigenvalue weighted by Gasteiger charge is 2.09. The van der Waals surface area contributed by atoms with Crippen LogP contribution in [0.4, 0.5) is 5.69 Å². The first-order chi connectivity index (χ1) is 11.8. The average Bonchev–Trinajstić information content (AvgIpc) is 2.57. The zero-order valence-corrected chi connectivity index (χ0v) is 15.4. The number of rotatable bonds is 8. The van der Waals surface area contributed by atoms with E-state index >= 15 is 0 Å². The Kier molecular flexibility index (Phi) is 6.66. The Balaban J connectivity index is 2.00. The van der Waals surface area contributed by atoms with E-state index in [-0.39, 0.29) is 5.75 Å². The van der Waals surface area contributed by atoms with Gasteiger partial charge in [0.25, 0.3) is 10.1 Å². The van der Waals surface area contributed by atoms with Crippen molar-refractivity contribution in [3.63, 3.8) is 0 Å². The van der Waals surface area contributed by atoms with Gasteiger partial charge in [-0.15, -0.1) is 0 Å². The molecule has 134 valence electrons. The lowest BCUT2D eigenvalue weighted by Crippen LogP contribution is -2.38. The van der Waals surface area contributed by atoms with Crippen LogP contribution in [0.1, 0.15) is 24.1 Å². The summed E-state index contributed by atoms with van der Waals surface area (Å²) in [6.45, 7) is 2.70. The third-order valence-electron chi connectivity index (χ3n) is 3.80. The molecule has 0 atom stereocenters. The van der Waals surface area contributed by atoms with Crippen molar-refractivity contribution in [2.24, 2.45) is 5.10 Å². The zero-order valence-electron chi connectivity index (χ0n) is 14.5. The highest BCUT2D eigenvalue weighted by Crippen LogP contribution is 2.13. The molecule has 2 rings (SSSR count). The fraction of sp³-hybridized carbons (Fsp3) is 0.333. The van der Waals surface area contributed by atoms with Crippen molar-refractivity contribution in [1.82, 2.24) is 0 Å². The molecule has 0 fully saturated rings. The molecule has 2 aromatic rings. The number of benzene rings is 1. The summed E-state index contributed by atoms with van der Waals surface area (Å²) in [7, 11) is -2.00. The second-order valence-electron chi connectivity index (χ2n) is 5.92. The quantitative estimate of drug-likeness (QED) is 0.257. The molecular weight excluding hydrogens is 338 g/mol. The van der Waals surface area contributed by atoms with Gasteiger partial charge in [0, 0.05) is 25.6 Å². The van der Waals surface area contributed by atoms with Gasteiger partial charge in [0.15, 0.2) is 6.20 Å². The van der Waals surface area contributed by atoms with Crippen LogP contribution in [0.3, 0.4) is 0 Å². The van der Waals surface area contributed by atoms with E-state index in [1.165, 1.54) is 5.56 Å². The molecule has 1 heterocycles. The predicted octanol–water partition coefficient (Wildman–Crippen LogP) is 2.42. The van der Waals surface area contributed by atoms with Crippen LogP contribution in [0.25, 0.3) is 0 Å². The number of hydrazone groups is 1. The Morgan fingerprint density at radius 2 is 1.88 bits per heavy atom. The molecule has 1 aromatic heterocycles. The van der Waals surface area contributed by atoms with Crippen molar-refractivity contribution in [3.05, 3.63) is 59.9 Å². The number of unbranched alkanes of at least 4 members (excludes halogenated alkanes) is 1. The Labute approximate surface area is 149 Å². The number of anilines is 1. The summed E-state index contributed by atoms with van der Waals surface area (Å²) in [4.78, 5) is 0. The molecule has 0 saturated heterocycles. The minimum absolute atomic E-state index is 0.208. The summed E-state index contributed by atoms with van der Waals surface area (Å²) in [5, 5.41) is 6.27. The first-order valence-corrected chi connectivity index (χ1v) is 9.74. The molecule has 0 radical (unpaired) electrons. The maximum absolute atomic E-state index is 10.8. The van der Waals surface area contributed by atoms with Gasteiger partial charge in [0.1, 0.15) is 12.8 Å². The summed E-state index contributed by atoms with van der Waals surface area (Å²) in [6.07, 6.45) is 4.78. The summed E-state index contributed by atoms with van der Waals surface area (Å²) >= 11 is 0. The molecule has 0 spiro atoms. The second-order valence-corrected chi connectivity index (χ2v) is 7.49. The van der Waals surface area contributed by atoms with Crippen LogP contribution in [-0.2, 0) is 16.7 Å². The van der Waals surface area contributed by atoms with Crippen LogP contribution in [-0.4, -0.2) is 32.0 Å². The number of pyridine rings is 1. The third-order valence-corrected chi connectivity index (χ3v) is 4.60. The molecular formula is C18H24N3O3S+. The van der Waals surface area contributed by atoms with E-state index < -0.39 is 10.1 Å². The van der Waals surface area contributed by atoms with Gasteiger partial charge in [-0.1, -0.05) is 17.7 Å². The number of nitrogens with zero attached hydrogens (tertiary/aromatic N) is 3. The van der Waals surface area contributed by atoms with E-state index in [0.29, 0.717) is 19.4 Å². The van der Waals surface area contributed by atoms with Crippen molar-refractivity contribution in [2.45, 2.75) is 26.3 Å². The van der Waals surface area contributed by atoms with Crippen molar-refractivity contribution in [1.29, 1.82) is 0 Å². The van der Waals surface area contributed by atoms with E-state index in [1.54, 1.807) is 11.2 Å². The predicted molar refractivity (Wildman–Crippen MR) is 99.5 cm³/mol. The SMILES string of the molecule is Cc1ccc(N(C)N=Cc2cccc[n+]2CCCCS(=O)(=O)O)cc1. The van der Waals surface area contributed by atoms with E-state index in [0.717, 1.165) is 11.4 Å². The minimum Gasteiger partial charge on any atom is -0.286 e. The van der Waals surface area contributed by atoms with Crippen LogP contribution in [0.2, 0.25) is 0 Å². The molecule has 1 N–H and O–H groups in total. The Morgan fingerprint density at radius 1 is 1.16 bits per heavy atom. The van der Waals surface area contributed by atoms with Crippen molar-refractivity contribution < 1.29 is 17.5 Å². The largest absolute Gasteiger partial charge is 0.286 e. The maximum atomic E-state index is 10.8. The fourth-order valence-electron chi connectivity index (χ4n) is 2.35. The molecule has 0 aliphatic carbocycles. The molecule has 0 amide bonds. The molecule has 0 aliphatic rings. The highest BCUT2D eigenvalue weighted by molar-refractivity contribution is 7.85. The molecule has 1 aromatic carbocycles. The van der Waals surface area contributed by atoms with Crippen LogP contribution in [0.15, 0.2) is 53.8 Å². The average molecular weight is 362 g/mol. The lowest BCUT2D eigenvalue weighted by Gasteiger charge is -2.12. The molecule has 0 bridgehead atoms. The summed E-state index contributed by atoms with van der Waals surface area (Å²) < 4.78 is 32.3. The highest BCUT2D eigenvalue weighted by atomic mass is 32.2. The van der Waals surface area contributed by atoms with E-state index in [2.05, 4.69) is 5.10 Å². The third kappa shape index (κ3) is 6.64. The van der Waals surface area contributed by atoms with Gasteiger partial charge < -0.3 is 0 Å². The lowest BCUT2D eigenvalue weighted by molar-refractivity contribution is -0.698. The monoisotopic (exact) mass is 362 g/mol. The van der Waals surface area contributed by atoms with Gasteiger partial charge in [-0.2, -0.15) is 18.1 Å². The van der Waals surface area contributed by atoms with Crippen molar-refractivity contribution in [3.8, 4) is 0 Å². The molecule has 0 saturated carbocycles. The Bertz CT molecular complexity index is 818. The van der Waals surface area contributed by atoms with Crippen LogP contribution < -0.4 is 9.58 Å². The van der Waals surface area contributed by atoms with Gasteiger partial charge in [-0.3, -0.25) is 9.56 Å². The number of hydrogen-bond acceptors (Lipinski definition) is 4. The number of hydrogen-bond donors (Lipinski definition) is 1. The van der Waals surface area contributed by atoms with Crippen LogP contribution in [0, 0.1) is 6.92 Å². The zero-order chi connectivity index (χ0) is 18.3. The van der Waals surface area contributed by atoms with Gasteiger partial charge in [-0.25, -0.2) is 0 Å². The molecule has 6 nitrogen and oxygen atoms in total. The Hall–Kier alpha value is -2.25. The Morgan fingerprint density at radius 3 is 2.56 bits per heavy atom. The molecule has 25 heavy (non-hydrogen) atoms. The van der Waals surface area contributed by atoms with E-state index in [9.17, 15) is 8.42 Å². The summed E-state index contributed by atoms with van der Waals surface area (Å²) in [5.74, 6) is -0.208. The fourth-order valence-corrected chi connectivity index (χ4v) is 2.92. The van der Waals surface area contributed by atoms with Gasteiger partial charge >= 0.3 is 0 Å². The molecule has 0 unspecified atom stereocenters. The summed E-state index contributed by atoms with van der Waals surface area (Å²) in [5.41, 5.74) is 3.12. The lowest BCUT2D eigenvalue weighted by atomic mass is 10.2. The van der Waals surface area contributed by atoms with Crippen molar-refractivity contribution >= 4 is 22.0 Å². The van der Waals surface area contributed by atoms with Gasteiger partial charge in [0.05, 0.1) is 11.4 Å². The maximum Gasteiger partial charge on any atom is 0.264 e. The molecule has 0 aliphatic heterocycles. The number of aromatic nitrogens is 1. The number of aryl methyl sites for hydroxylation is 2. The van der Waals surface area contributed by atoms with Crippen LogP contribution in [0.5, 0.6) is 0 Å². The normalized spacial score (nSPS) is 11.8. The van der Waals surface area contributed by atoms with Crippen molar-refractivity contribution in [2.75, 3.05) is 17.8 Å². The standard InChI is InChI=1S/C18H23N3O3S/c1-16-8-10-17(11-9-16)20(2)19-15-18-7-3-4-12-21(18)13-5-6-14-25(22,23)24/h3-4,7-12,15H,5-6,13-14H2,1-2H3/p+1. The van der Waals surface area contributed by atoms with E-state index in [1.807, 2.05) is 67.2 Å². The smallest absolute Gasteiger partial charge is 0.264 e. The second kappa shape index (κ2) is 8.73. The van der Waals surface area contributed by atoms with Gasteiger partial charge in [-0.05, 0) is 31.5 Å². The van der Waals surface area contributed by atoms with Crippen LogP contribution >= 0.6 is 0 Å². The summed E-state index contributed by atoms with van der Waals surface area (Å²) in [6, 6.07) is 13.9. The first-order valence-electron chi connectivity index (χ1n) is 8.13. The van der Waals surface area contributed by atoms with Gasteiger partial charge in [0.2, 0.25) is 5.69 Å². The van der Waals surface area contributed by atoms with E-state index in [4.69, 9.17) is 4.55 Å². The first kappa shape index (κ1) is 19.1. The molecule has 7 heteroatoms. The topological polar surface area (TPSA) is 73.8 Å².